The van der Waals surface area contributed by atoms with Crippen molar-refractivity contribution in [3.8, 4) is 0 Å². The van der Waals surface area contributed by atoms with Crippen molar-refractivity contribution >= 4 is 44.0 Å². The van der Waals surface area contributed by atoms with Crippen LogP contribution >= 0.6 is 23.1 Å². The van der Waals surface area contributed by atoms with Gasteiger partial charge in [-0.2, -0.15) is 0 Å². The molecule has 2 aliphatic heterocycles. The van der Waals surface area contributed by atoms with Gasteiger partial charge in [-0.25, -0.2) is 0 Å². The first kappa shape index (κ1) is 13.9. The number of amidine groups is 1. The van der Waals surface area contributed by atoms with Crippen molar-refractivity contribution in [3.63, 3.8) is 0 Å². The number of aliphatic imine (C=N–C) groups is 1. The van der Waals surface area contributed by atoms with Crippen molar-refractivity contribution in [2.45, 2.75) is 13.3 Å². The maximum Gasteiger partial charge on any atom is 0.168 e. The zero-order valence-corrected chi connectivity index (χ0v) is 13.9. The molecule has 0 radical (unpaired) electrons. The first-order valence-corrected chi connectivity index (χ1v) is 9.08. The van der Waals surface area contributed by atoms with E-state index in [1.54, 1.807) is 23.1 Å². The van der Waals surface area contributed by atoms with Gasteiger partial charge in [0.25, 0.3) is 0 Å². The molecule has 2 aromatic rings. The average molecular weight is 328 g/mol. The summed E-state index contributed by atoms with van der Waals surface area (Å²) < 4.78 is 1.29. The fraction of sp³-hybridized carbons (Fsp3) is 0.235. The molecule has 4 rings (SSSR count). The summed E-state index contributed by atoms with van der Waals surface area (Å²) in [5.74, 6) is 0.418. The van der Waals surface area contributed by atoms with Crippen LogP contribution in [0.1, 0.15) is 18.9 Å². The number of fused-ring (bicyclic) bond motifs is 2. The minimum atomic E-state index is 0.418. The third-order valence-corrected chi connectivity index (χ3v) is 5.93. The van der Waals surface area contributed by atoms with Crippen molar-refractivity contribution in [2.75, 3.05) is 13.1 Å². The summed E-state index contributed by atoms with van der Waals surface area (Å²) in [6.07, 6.45) is 2.54. The van der Waals surface area contributed by atoms with Crippen LogP contribution in [0.4, 0.5) is 0 Å². The van der Waals surface area contributed by atoms with Gasteiger partial charge < -0.3 is 10.0 Å². The van der Waals surface area contributed by atoms with Crippen molar-refractivity contribution in [2.24, 2.45) is 4.99 Å². The van der Waals surface area contributed by atoms with Crippen LogP contribution in [0, 0.1) is 0 Å². The third kappa shape index (κ3) is 2.16. The van der Waals surface area contributed by atoms with Crippen molar-refractivity contribution in [1.29, 1.82) is 0 Å². The van der Waals surface area contributed by atoms with Crippen LogP contribution in [0.15, 0.2) is 51.4 Å². The highest BCUT2D eigenvalue weighted by atomic mass is 32.2. The topological polar surface area (TPSA) is 35.8 Å². The quantitative estimate of drug-likeness (QED) is 0.819. The van der Waals surface area contributed by atoms with E-state index >= 15 is 0 Å². The molecule has 1 aromatic carbocycles. The molecule has 0 spiro atoms. The van der Waals surface area contributed by atoms with E-state index in [1.165, 1.54) is 21.3 Å². The Labute approximate surface area is 137 Å². The molecule has 22 heavy (non-hydrogen) atoms. The van der Waals surface area contributed by atoms with Crippen molar-refractivity contribution in [3.05, 3.63) is 51.9 Å². The van der Waals surface area contributed by atoms with Gasteiger partial charge in [-0.05, 0) is 23.9 Å². The molecular formula is C17H16N2OS2. The van der Waals surface area contributed by atoms with Gasteiger partial charge in [0.15, 0.2) is 5.17 Å². The Balaban J connectivity index is 1.91. The lowest BCUT2D eigenvalue weighted by Gasteiger charge is -2.16. The summed E-state index contributed by atoms with van der Waals surface area (Å²) in [5, 5.41) is 14.5. The van der Waals surface area contributed by atoms with Gasteiger partial charge in [0, 0.05) is 38.9 Å². The predicted octanol–water partition coefficient (Wildman–Crippen LogP) is 4.84. The number of hydrogen-bond donors (Lipinski definition) is 1. The molecule has 0 saturated heterocycles. The molecule has 2 aliphatic rings. The highest BCUT2D eigenvalue weighted by Gasteiger charge is 2.33. The molecule has 1 N–H and O–H groups in total. The minimum Gasteiger partial charge on any atom is -0.512 e. The van der Waals surface area contributed by atoms with Gasteiger partial charge in [0.2, 0.25) is 0 Å². The number of thioether (sulfide) groups is 1. The molecule has 0 fully saturated rings. The predicted molar refractivity (Wildman–Crippen MR) is 96.3 cm³/mol. The van der Waals surface area contributed by atoms with Crippen LogP contribution < -0.4 is 0 Å². The Bertz CT molecular complexity index is 832. The Kier molecular flexibility index (Phi) is 3.47. The lowest BCUT2D eigenvalue weighted by molar-refractivity contribution is 0.394. The number of aliphatic hydroxyl groups excluding tert-OH is 1. The number of hydrogen-bond acceptors (Lipinski definition) is 5. The van der Waals surface area contributed by atoms with E-state index in [-0.39, 0.29) is 0 Å². The maximum atomic E-state index is 9.97. The molecule has 0 aliphatic carbocycles. The van der Waals surface area contributed by atoms with Crippen molar-refractivity contribution in [1.82, 2.24) is 4.90 Å². The van der Waals surface area contributed by atoms with E-state index in [2.05, 4.69) is 39.5 Å². The number of allylic oxidation sites excluding steroid dienone is 2. The Morgan fingerprint density at radius 3 is 3.14 bits per heavy atom. The highest BCUT2D eigenvalue weighted by Crippen LogP contribution is 2.45. The molecular weight excluding hydrogens is 312 g/mol. The van der Waals surface area contributed by atoms with E-state index in [4.69, 9.17) is 0 Å². The van der Waals surface area contributed by atoms with Crippen LogP contribution in [0.5, 0.6) is 0 Å². The molecule has 0 bridgehead atoms. The second-order valence-electron chi connectivity index (χ2n) is 5.27. The summed E-state index contributed by atoms with van der Waals surface area (Å²) in [7, 11) is 0. The summed E-state index contributed by atoms with van der Waals surface area (Å²) in [6, 6.07) is 8.49. The first-order valence-electron chi connectivity index (χ1n) is 7.38. The van der Waals surface area contributed by atoms with Crippen molar-refractivity contribution < 1.29 is 5.11 Å². The summed E-state index contributed by atoms with van der Waals surface area (Å²) in [4.78, 5) is 7.96. The van der Waals surface area contributed by atoms with Crippen LogP contribution in [-0.2, 0) is 0 Å². The standard InChI is InChI=1S/C17H16N2OS2/c1-2-11(20)9-15-16(19-8-7-18-17(19)22-15)13-10-21-14-6-4-3-5-12(13)14/h3-6,9-10,20H,2,7-8H2,1H3. The van der Waals surface area contributed by atoms with Crippen LogP contribution in [0.3, 0.4) is 0 Å². The molecule has 0 saturated carbocycles. The summed E-state index contributed by atoms with van der Waals surface area (Å²) >= 11 is 3.43. The molecule has 1 aromatic heterocycles. The zero-order valence-electron chi connectivity index (χ0n) is 12.2. The maximum absolute atomic E-state index is 9.97. The molecule has 5 heteroatoms. The third-order valence-electron chi connectivity index (χ3n) is 3.90. The van der Waals surface area contributed by atoms with Gasteiger partial charge in [0.05, 0.1) is 18.0 Å². The average Bonchev–Trinajstić information content (AvgIpc) is 3.21. The Morgan fingerprint density at radius 1 is 1.41 bits per heavy atom. The number of aliphatic hydroxyl groups is 1. The highest BCUT2D eigenvalue weighted by molar-refractivity contribution is 8.17. The fourth-order valence-corrected chi connectivity index (χ4v) is 4.89. The SMILES string of the molecule is CCC(O)=CC1=C(c2csc3ccccc23)N2CCN=C2S1. The van der Waals surface area contributed by atoms with E-state index in [1.807, 2.05) is 13.0 Å². The first-order chi connectivity index (χ1) is 10.8. The lowest BCUT2D eigenvalue weighted by atomic mass is 10.1. The van der Waals surface area contributed by atoms with Crippen LogP contribution in [0.25, 0.3) is 15.8 Å². The lowest BCUT2D eigenvalue weighted by Crippen LogP contribution is -2.19. The molecule has 3 heterocycles. The van der Waals surface area contributed by atoms with Crippen LogP contribution in [-0.4, -0.2) is 28.3 Å². The summed E-state index contributed by atoms with van der Waals surface area (Å²) in [5.41, 5.74) is 2.44. The second-order valence-corrected chi connectivity index (χ2v) is 7.19. The van der Waals surface area contributed by atoms with Crippen LogP contribution in [0.2, 0.25) is 0 Å². The second kappa shape index (κ2) is 5.48. The molecule has 0 unspecified atom stereocenters. The smallest absolute Gasteiger partial charge is 0.168 e. The zero-order chi connectivity index (χ0) is 15.1. The molecule has 3 nitrogen and oxygen atoms in total. The van der Waals surface area contributed by atoms with Gasteiger partial charge in [-0.1, -0.05) is 25.1 Å². The molecule has 0 atom stereocenters. The number of nitrogens with zero attached hydrogens (tertiary/aromatic N) is 2. The van der Waals surface area contributed by atoms with E-state index in [9.17, 15) is 5.11 Å². The monoisotopic (exact) mass is 328 g/mol. The van der Waals surface area contributed by atoms with E-state index < -0.39 is 0 Å². The largest absolute Gasteiger partial charge is 0.512 e. The van der Waals surface area contributed by atoms with Gasteiger partial charge in [-0.3, -0.25) is 4.99 Å². The van der Waals surface area contributed by atoms with Gasteiger partial charge in [0.1, 0.15) is 0 Å². The Hall–Kier alpha value is -1.72. The fourth-order valence-electron chi connectivity index (χ4n) is 2.79. The Morgan fingerprint density at radius 2 is 2.27 bits per heavy atom. The van der Waals surface area contributed by atoms with Gasteiger partial charge in [-0.15, -0.1) is 11.3 Å². The number of thiophene rings is 1. The number of rotatable bonds is 3. The normalized spacial score (nSPS) is 18.3. The summed E-state index contributed by atoms with van der Waals surface area (Å²) in [6.45, 7) is 3.74. The molecule has 0 amide bonds. The van der Waals surface area contributed by atoms with Gasteiger partial charge >= 0.3 is 0 Å². The van der Waals surface area contributed by atoms with E-state index in [0.29, 0.717) is 12.2 Å². The van der Waals surface area contributed by atoms with E-state index in [0.717, 1.165) is 23.2 Å². The molecule has 112 valence electrons. The number of benzene rings is 1. The minimum absolute atomic E-state index is 0.418.